The molecule has 118 valence electrons. The molecule has 1 aliphatic heterocycles. The number of nitrogens with one attached hydrogen (secondary N) is 1. The number of benzene rings is 1. The van der Waals surface area contributed by atoms with E-state index in [0.717, 1.165) is 43.9 Å². The number of aromatic nitrogens is 1. The first-order valence-corrected chi connectivity index (χ1v) is 8.14. The number of aryl methyl sites for hydroxylation is 1. The van der Waals surface area contributed by atoms with Crippen LogP contribution in [0.3, 0.4) is 0 Å². The van der Waals surface area contributed by atoms with Crippen molar-refractivity contribution < 1.29 is 4.74 Å². The highest BCUT2D eigenvalue weighted by Crippen LogP contribution is 2.28. The first-order chi connectivity index (χ1) is 10.6. The van der Waals surface area contributed by atoms with Crippen molar-refractivity contribution in [1.29, 1.82) is 0 Å². The highest BCUT2D eigenvalue weighted by Gasteiger charge is 2.12. The molecule has 4 heteroatoms. The van der Waals surface area contributed by atoms with E-state index in [-0.39, 0.29) is 0 Å². The molecule has 0 unspecified atom stereocenters. The Hall–Kier alpha value is -1.81. The van der Waals surface area contributed by atoms with Crippen LogP contribution in [-0.2, 0) is 4.74 Å². The number of nitrogens with zero attached hydrogens (tertiary/aromatic N) is 2. The summed E-state index contributed by atoms with van der Waals surface area (Å²) in [5, 5.41) is 4.74. The van der Waals surface area contributed by atoms with Crippen molar-refractivity contribution in [2.75, 3.05) is 36.5 Å². The quantitative estimate of drug-likeness (QED) is 0.940. The third-order valence-electron chi connectivity index (χ3n) is 3.95. The predicted octanol–water partition coefficient (Wildman–Crippen LogP) is 3.59. The van der Waals surface area contributed by atoms with Crippen LogP contribution in [0.1, 0.15) is 26.0 Å². The lowest BCUT2D eigenvalue weighted by atomic mass is 10.1. The number of hydrogen-bond donors (Lipinski definition) is 1. The molecule has 2 heterocycles. The van der Waals surface area contributed by atoms with E-state index >= 15 is 0 Å². The zero-order valence-electron chi connectivity index (χ0n) is 13.7. The van der Waals surface area contributed by atoms with Crippen LogP contribution < -0.4 is 10.2 Å². The van der Waals surface area contributed by atoms with Crippen LogP contribution in [0.2, 0.25) is 0 Å². The van der Waals surface area contributed by atoms with Crippen molar-refractivity contribution in [2.45, 2.75) is 33.2 Å². The third-order valence-corrected chi connectivity index (χ3v) is 3.95. The van der Waals surface area contributed by atoms with Crippen molar-refractivity contribution in [3.05, 3.63) is 30.0 Å². The van der Waals surface area contributed by atoms with Gasteiger partial charge in [-0.05, 0) is 51.5 Å². The van der Waals surface area contributed by atoms with Crippen LogP contribution in [0.5, 0.6) is 0 Å². The molecule has 0 spiro atoms. The molecule has 0 amide bonds. The lowest BCUT2D eigenvalue weighted by Crippen LogP contribution is -2.25. The van der Waals surface area contributed by atoms with Crippen LogP contribution in [0, 0.1) is 6.92 Å². The van der Waals surface area contributed by atoms with E-state index in [9.17, 15) is 0 Å². The molecule has 0 bridgehead atoms. The maximum absolute atomic E-state index is 5.56. The van der Waals surface area contributed by atoms with Gasteiger partial charge in [-0.15, -0.1) is 0 Å². The molecule has 0 saturated carbocycles. The lowest BCUT2D eigenvalue weighted by molar-refractivity contribution is 0.152. The average Bonchev–Trinajstić information content (AvgIpc) is 2.75. The second kappa shape index (κ2) is 6.53. The SMILES string of the molecule is Cc1cc(NC(C)C)c2cc(N3CCCOCC3)ccc2n1. The van der Waals surface area contributed by atoms with E-state index in [1.165, 1.54) is 16.8 Å². The Kier molecular flexibility index (Phi) is 4.48. The van der Waals surface area contributed by atoms with Gasteiger partial charge in [0.1, 0.15) is 0 Å². The Morgan fingerprint density at radius 1 is 1.18 bits per heavy atom. The van der Waals surface area contributed by atoms with E-state index < -0.39 is 0 Å². The average molecular weight is 299 g/mol. The highest BCUT2D eigenvalue weighted by atomic mass is 16.5. The van der Waals surface area contributed by atoms with Crippen LogP contribution in [-0.4, -0.2) is 37.3 Å². The number of pyridine rings is 1. The van der Waals surface area contributed by atoms with Gasteiger partial charge in [0.15, 0.2) is 0 Å². The molecule has 1 aliphatic rings. The fourth-order valence-corrected chi connectivity index (χ4v) is 2.98. The largest absolute Gasteiger partial charge is 0.382 e. The van der Waals surface area contributed by atoms with Crippen LogP contribution in [0.15, 0.2) is 24.3 Å². The Bertz CT molecular complexity index is 646. The molecule has 1 saturated heterocycles. The zero-order chi connectivity index (χ0) is 15.5. The standard InChI is InChI=1S/C18H25N3O/c1-13(2)19-18-11-14(3)20-17-6-5-15(12-16(17)18)21-7-4-9-22-10-8-21/h5-6,11-13H,4,7-10H2,1-3H3,(H,19,20). The minimum atomic E-state index is 0.403. The molecule has 4 nitrogen and oxygen atoms in total. The van der Waals surface area contributed by atoms with Crippen LogP contribution >= 0.6 is 0 Å². The summed E-state index contributed by atoms with van der Waals surface area (Å²) in [5.41, 5.74) is 4.53. The molecule has 0 radical (unpaired) electrons. The fourth-order valence-electron chi connectivity index (χ4n) is 2.98. The molecule has 22 heavy (non-hydrogen) atoms. The van der Waals surface area contributed by atoms with E-state index in [1.807, 2.05) is 6.92 Å². The summed E-state index contributed by atoms with van der Waals surface area (Å²) >= 11 is 0. The summed E-state index contributed by atoms with van der Waals surface area (Å²) in [6.07, 6.45) is 1.08. The number of hydrogen-bond acceptors (Lipinski definition) is 4. The molecule has 2 aromatic rings. The van der Waals surface area contributed by atoms with E-state index in [4.69, 9.17) is 4.74 Å². The van der Waals surface area contributed by atoms with E-state index in [2.05, 4.69) is 53.3 Å². The molecular weight excluding hydrogens is 274 g/mol. The minimum Gasteiger partial charge on any atom is -0.382 e. The first-order valence-electron chi connectivity index (χ1n) is 8.14. The van der Waals surface area contributed by atoms with Gasteiger partial charge in [0, 0.05) is 48.2 Å². The summed E-state index contributed by atoms with van der Waals surface area (Å²) < 4.78 is 5.56. The van der Waals surface area contributed by atoms with Gasteiger partial charge in [0.2, 0.25) is 0 Å². The van der Waals surface area contributed by atoms with E-state index in [1.54, 1.807) is 0 Å². The number of ether oxygens (including phenoxy) is 1. The Labute approximate surface area is 132 Å². The topological polar surface area (TPSA) is 37.4 Å². The molecule has 3 rings (SSSR count). The van der Waals surface area contributed by atoms with Gasteiger partial charge in [0.05, 0.1) is 12.1 Å². The normalized spacial score (nSPS) is 16.1. The number of anilines is 2. The first kappa shape index (κ1) is 15.1. The summed E-state index contributed by atoms with van der Waals surface area (Å²) in [5.74, 6) is 0. The Morgan fingerprint density at radius 3 is 2.86 bits per heavy atom. The number of rotatable bonds is 3. The van der Waals surface area contributed by atoms with Gasteiger partial charge in [-0.1, -0.05) is 0 Å². The maximum atomic E-state index is 5.56. The van der Waals surface area contributed by atoms with E-state index in [0.29, 0.717) is 6.04 Å². The molecule has 1 aromatic heterocycles. The minimum absolute atomic E-state index is 0.403. The molecule has 0 aliphatic carbocycles. The fraction of sp³-hybridized carbons (Fsp3) is 0.500. The van der Waals surface area contributed by atoms with Gasteiger partial charge in [-0.25, -0.2) is 0 Å². The second-order valence-corrected chi connectivity index (χ2v) is 6.26. The van der Waals surface area contributed by atoms with Crippen molar-refractivity contribution >= 4 is 22.3 Å². The van der Waals surface area contributed by atoms with Crippen molar-refractivity contribution in [3.63, 3.8) is 0 Å². The van der Waals surface area contributed by atoms with Gasteiger partial charge < -0.3 is 15.0 Å². The zero-order valence-corrected chi connectivity index (χ0v) is 13.7. The molecule has 0 atom stereocenters. The van der Waals surface area contributed by atoms with Gasteiger partial charge >= 0.3 is 0 Å². The highest BCUT2D eigenvalue weighted by molar-refractivity contribution is 5.94. The van der Waals surface area contributed by atoms with Crippen LogP contribution in [0.25, 0.3) is 10.9 Å². The number of fused-ring (bicyclic) bond motifs is 1. The van der Waals surface area contributed by atoms with Gasteiger partial charge in [-0.3, -0.25) is 4.98 Å². The smallest absolute Gasteiger partial charge is 0.0727 e. The van der Waals surface area contributed by atoms with Crippen molar-refractivity contribution in [2.24, 2.45) is 0 Å². The van der Waals surface area contributed by atoms with Crippen molar-refractivity contribution in [1.82, 2.24) is 4.98 Å². The molecule has 1 aromatic carbocycles. The molecular formula is C18H25N3O. The summed E-state index contributed by atoms with van der Waals surface area (Å²) in [4.78, 5) is 7.07. The lowest BCUT2D eigenvalue weighted by Gasteiger charge is -2.23. The summed E-state index contributed by atoms with van der Waals surface area (Å²) in [7, 11) is 0. The summed E-state index contributed by atoms with van der Waals surface area (Å²) in [6, 6.07) is 9.11. The van der Waals surface area contributed by atoms with Crippen LogP contribution in [0.4, 0.5) is 11.4 Å². The Morgan fingerprint density at radius 2 is 2.05 bits per heavy atom. The van der Waals surface area contributed by atoms with Gasteiger partial charge in [0.25, 0.3) is 0 Å². The third kappa shape index (κ3) is 3.33. The summed E-state index contributed by atoms with van der Waals surface area (Å²) in [6.45, 7) is 10.1. The molecule has 1 fully saturated rings. The van der Waals surface area contributed by atoms with Crippen molar-refractivity contribution in [3.8, 4) is 0 Å². The maximum Gasteiger partial charge on any atom is 0.0727 e. The van der Waals surface area contributed by atoms with Gasteiger partial charge in [-0.2, -0.15) is 0 Å². The predicted molar refractivity (Wildman–Crippen MR) is 92.9 cm³/mol. The Balaban J connectivity index is 2.01. The molecule has 1 N–H and O–H groups in total. The monoisotopic (exact) mass is 299 g/mol. The second-order valence-electron chi connectivity index (χ2n) is 6.26.